The number of fused-ring (bicyclic) bond motifs is 1. The zero-order valence-corrected chi connectivity index (χ0v) is 11.5. The van der Waals surface area contributed by atoms with Crippen LogP contribution in [0.5, 0.6) is 0 Å². The van der Waals surface area contributed by atoms with Crippen LogP contribution in [0.2, 0.25) is 5.28 Å². The van der Waals surface area contributed by atoms with Gasteiger partial charge in [0.15, 0.2) is 17.6 Å². The van der Waals surface area contributed by atoms with Crippen LogP contribution in [0.3, 0.4) is 0 Å². The molecule has 2 aromatic rings. The highest BCUT2D eigenvalue weighted by atomic mass is 35.5. The molecule has 21 heavy (non-hydrogen) atoms. The molecule has 0 bridgehead atoms. The number of nitrogens with two attached hydrogens (primary N) is 1. The molecule has 0 amide bonds. The van der Waals surface area contributed by atoms with E-state index >= 15 is 0 Å². The quantitative estimate of drug-likeness (QED) is 0.654. The van der Waals surface area contributed by atoms with Gasteiger partial charge in [-0.1, -0.05) is 0 Å². The lowest BCUT2D eigenvalue weighted by Gasteiger charge is -2.15. The second kappa shape index (κ2) is 5.34. The summed E-state index contributed by atoms with van der Waals surface area (Å²) in [6, 6.07) is 0. The number of anilines is 1. The fourth-order valence-corrected chi connectivity index (χ4v) is 2.54. The summed E-state index contributed by atoms with van der Waals surface area (Å²) in [5, 5.41) is 18.8. The summed E-state index contributed by atoms with van der Waals surface area (Å²) in [6.07, 6.45) is -3.42. The summed E-state index contributed by atoms with van der Waals surface area (Å²) < 4.78 is 20.5. The van der Waals surface area contributed by atoms with E-state index in [1.165, 1.54) is 6.33 Å². The highest BCUT2D eigenvalue weighted by Gasteiger charge is 2.43. The molecule has 0 spiro atoms. The molecule has 1 aliphatic rings. The van der Waals surface area contributed by atoms with Crippen molar-refractivity contribution in [3.63, 3.8) is 0 Å². The Morgan fingerprint density at radius 3 is 2.86 bits per heavy atom. The van der Waals surface area contributed by atoms with Gasteiger partial charge >= 0.3 is 0 Å². The summed E-state index contributed by atoms with van der Waals surface area (Å²) in [5.41, 5.74) is 6.42. The second-order valence-electron chi connectivity index (χ2n) is 4.78. The summed E-state index contributed by atoms with van der Waals surface area (Å²) in [5.74, 6) is 0.133. The molecule has 114 valence electrons. The van der Waals surface area contributed by atoms with Crippen molar-refractivity contribution in [1.82, 2.24) is 19.5 Å². The largest absolute Gasteiger partial charge is 0.394 e. The molecule has 1 aliphatic heterocycles. The Hall–Kier alpha value is -1.55. The van der Waals surface area contributed by atoms with Gasteiger partial charge in [0.2, 0.25) is 5.28 Å². The van der Waals surface area contributed by atoms with E-state index in [0.717, 1.165) is 0 Å². The van der Waals surface area contributed by atoms with Crippen molar-refractivity contribution in [3.8, 4) is 0 Å². The minimum absolute atomic E-state index is 0.0359. The highest BCUT2D eigenvalue weighted by Crippen LogP contribution is 2.26. The molecule has 1 fully saturated rings. The number of aliphatic hydroxyl groups excluding tert-OH is 2. The number of nitrogens with zero attached hydrogens (tertiary/aromatic N) is 4. The van der Waals surface area contributed by atoms with Crippen molar-refractivity contribution in [2.24, 2.45) is 0 Å². The first-order valence-electron chi connectivity index (χ1n) is 6.23. The number of rotatable bonds is 3. The Labute approximate surface area is 123 Å². The van der Waals surface area contributed by atoms with Gasteiger partial charge < -0.3 is 25.3 Å². The van der Waals surface area contributed by atoms with Crippen LogP contribution in [0, 0.1) is 0 Å². The van der Waals surface area contributed by atoms with Crippen molar-refractivity contribution in [2.75, 3.05) is 12.3 Å². The maximum absolute atomic E-state index is 13.7. The molecule has 4 N–H and O–H groups in total. The number of hydrogen-bond donors (Lipinski definition) is 3. The van der Waals surface area contributed by atoms with Gasteiger partial charge in [0.05, 0.1) is 19.5 Å². The monoisotopic (exact) mass is 317 g/mol. The average Bonchev–Trinajstić information content (AvgIpc) is 2.96. The van der Waals surface area contributed by atoms with Crippen LogP contribution in [-0.2, 0) is 11.3 Å². The molecule has 8 nitrogen and oxygen atoms in total. The van der Waals surface area contributed by atoms with E-state index in [2.05, 4.69) is 15.0 Å². The molecule has 0 unspecified atom stereocenters. The lowest BCUT2D eigenvalue weighted by molar-refractivity contribution is -0.0196. The van der Waals surface area contributed by atoms with E-state index in [0.29, 0.717) is 11.2 Å². The van der Waals surface area contributed by atoms with Crippen LogP contribution in [0.15, 0.2) is 6.33 Å². The number of ether oxygens (including phenoxy) is 1. The van der Waals surface area contributed by atoms with Crippen LogP contribution in [-0.4, -0.2) is 60.8 Å². The van der Waals surface area contributed by atoms with Gasteiger partial charge in [-0.15, -0.1) is 0 Å². The van der Waals surface area contributed by atoms with E-state index in [-0.39, 0.29) is 17.6 Å². The van der Waals surface area contributed by atoms with Crippen LogP contribution in [0.4, 0.5) is 10.2 Å². The maximum Gasteiger partial charge on any atom is 0.226 e. The first-order valence-corrected chi connectivity index (χ1v) is 6.61. The molecule has 3 rings (SSSR count). The Balaban J connectivity index is 1.89. The third-order valence-electron chi connectivity index (χ3n) is 3.43. The predicted molar refractivity (Wildman–Crippen MR) is 71.4 cm³/mol. The Bertz CT molecular complexity index is 669. The van der Waals surface area contributed by atoms with E-state index < -0.39 is 31.1 Å². The zero-order chi connectivity index (χ0) is 15.1. The fourth-order valence-electron chi connectivity index (χ4n) is 2.37. The van der Waals surface area contributed by atoms with Crippen molar-refractivity contribution in [2.45, 2.75) is 31.0 Å². The van der Waals surface area contributed by atoms with Crippen LogP contribution in [0.1, 0.15) is 0 Å². The summed E-state index contributed by atoms with van der Waals surface area (Å²) in [6.45, 7) is -0.401. The van der Waals surface area contributed by atoms with Crippen LogP contribution in [0.25, 0.3) is 11.2 Å². The minimum atomic E-state index is -1.64. The summed E-state index contributed by atoms with van der Waals surface area (Å²) in [4.78, 5) is 11.9. The molecule has 0 saturated carbocycles. The fraction of sp³-hybridized carbons (Fsp3) is 0.545. The number of alkyl halides is 1. The van der Waals surface area contributed by atoms with Crippen molar-refractivity contribution in [1.29, 1.82) is 0 Å². The number of halogens is 2. The molecule has 3 heterocycles. The first-order chi connectivity index (χ1) is 10.0. The molecule has 0 aliphatic carbocycles. The lowest BCUT2D eigenvalue weighted by atomic mass is 10.1. The molecule has 2 aromatic heterocycles. The predicted octanol–water partition coefficient (Wildman–Crippen LogP) is -0.479. The second-order valence-corrected chi connectivity index (χ2v) is 5.12. The molecular weight excluding hydrogens is 305 g/mol. The SMILES string of the molecule is Nc1nc(Cl)nc2c1ncn2C[C@@H]1O[C@H](CO)[C@@H](F)[C@H]1O. The van der Waals surface area contributed by atoms with Crippen LogP contribution >= 0.6 is 11.6 Å². The summed E-state index contributed by atoms with van der Waals surface area (Å²) >= 11 is 5.75. The third kappa shape index (κ3) is 2.42. The molecule has 0 radical (unpaired) electrons. The first kappa shape index (κ1) is 14.4. The summed E-state index contributed by atoms with van der Waals surface area (Å²) in [7, 11) is 0. The van der Waals surface area contributed by atoms with Gasteiger partial charge in [0.1, 0.15) is 23.8 Å². The number of imidazole rings is 1. The van der Waals surface area contributed by atoms with E-state index in [4.69, 9.17) is 27.2 Å². The number of hydrogen-bond acceptors (Lipinski definition) is 7. The van der Waals surface area contributed by atoms with Gasteiger partial charge in [-0.05, 0) is 11.6 Å². The Morgan fingerprint density at radius 1 is 1.43 bits per heavy atom. The highest BCUT2D eigenvalue weighted by molar-refractivity contribution is 6.28. The normalized spacial score (nSPS) is 29.3. The minimum Gasteiger partial charge on any atom is -0.394 e. The van der Waals surface area contributed by atoms with Crippen molar-refractivity contribution in [3.05, 3.63) is 11.6 Å². The number of aromatic nitrogens is 4. The molecule has 4 atom stereocenters. The van der Waals surface area contributed by atoms with Gasteiger partial charge in [0, 0.05) is 0 Å². The topological polar surface area (TPSA) is 119 Å². The van der Waals surface area contributed by atoms with Gasteiger partial charge in [-0.3, -0.25) is 0 Å². The molecular formula is C11H13ClFN5O3. The van der Waals surface area contributed by atoms with Crippen LogP contribution < -0.4 is 5.73 Å². The average molecular weight is 318 g/mol. The van der Waals surface area contributed by atoms with Crippen molar-refractivity contribution >= 4 is 28.6 Å². The van der Waals surface area contributed by atoms with E-state index in [9.17, 15) is 9.50 Å². The Kier molecular flexibility index (Phi) is 3.66. The van der Waals surface area contributed by atoms with E-state index in [1.807, 2.05) is 0 Å². The number of nitrogen functional groups attached to an aromatic ring is 1. The number of aliphatic hydroxyl groups is 2. The standard InChI is InChI=1S/C11H13ClFN5O3/c12-11-16-9(14)7-10(17-11)18(3-15-7)1-4-8(20)6(13)5(2-19)21-4/h3-6,8,19-20H,1-2H2,(H2,14,16,17)/t4-,5+,6+,8-/m0/s1. The molecule has 1 saturated heterocycles. The van der Waals surface area contributed by atoms with Gasteiger partial charge in [0.25, 0.3) is 0 Å². The Morgan fingerprint density at radius 2 is 2.19 bits per heavy atom. The lowest BCUT2D eigenvalue weighted by Crippen LogP contribution is -2.32. The molecule has 0 aromatic carbocycles. The van der Waals surface area contributed by atoms with Gasteiger partial charge in [-0.2, -0.15) is 9.97 Å². The van der Waals surface area contributed by atoms with Gasteiger partial charge in [-0.25, -0.2) is 9.37 Å². The zero-order valence-electron chi connectivity index (χ0n) is 10.7. The van der Waals surface area contributed by atoms with Crippen molar-refractivity contribution < 1.29 is 19.3 Å². The third-order valence-corrected chi connectivity index (χ3v) is 3.60. The molecule has 10 heteroatoms. The smallest absolute Gasteiger partial charge is 0.226 e. The maximum atomic E-state index is 13.7. The van der Waals surface area contributed by atoms with E-state index in [1.54, 1.807) is 4.57 Å².